The summed E-state index contributed by atoms with van der Waals surface area (Å²) >= 11 is 0.912. The second-order valence-electron chi connectivity index (χ2n) is 16.9. The van der Waals surface area contributed by atoms with Crippen LogP contribution in [0, 0.1) is 11.7 Å². The fourth-order valence-corrected chi connectivity index (χ4v) is 14.5. The smallest absolute Gasteiger partial charge is 0.410 e. The summed E-state index contributed by atoms with van der Waals surface area (Å²) in [7, 11) is -6.57. The number of halogens is 1. The van der Waals surface area contributed by atoms with Crippen LogP contribution in [0.25, 0.3) is 10.9 Å². The van der Waals surface area contributed by atoms with Gasteiger partial charge in [0, 0.05) is 37.6 Å². The Morgan fingerprint density at radius 1 is 0.917 bits per heavy atom. The molecule has 2 aliphatic heterocycles. The number of ether oxygens (including phenoxy) is 2. The molecule has 1 saturated carbocycles. The number of fused-ring (bicyclic) bond motifs is 2. The molecule has 2 atom stereocenters. The molecular formula is C42H66FN3O11P2S. The van der Waals surface area contributed by atoms with Crippen molar-refractivity contribution in [3.05, 3.63) is 33.9 Å². The highest BCUT2D eigenvalue weighted by Gasteiger charge is 2.51. The van der Waals surface area contributed by atoms with Gasteiger partial charge in [-0.1, -0.05) is 39.5 Å². The molecule has 338 valence electrons. The number of carbonyl (C=O) groups is 2. The Morgan fingerprint density at radius 2 is 1.50 bits per heavy atom. The predicted molar refractivity (Wildman–Crippen MR) is 235 cm³/mol. The summed E-state index contributed by atoms with van der Waals surface area (Å²) in [4.78, 5) is 45.0. The molecule has 1 aliphatic carbocycles. The van der Waals surface area contributed by atoms with Gasteiger partial charge in [-0.2, -0.15) is 0 Å². The van der Waals surface area contributed by atoms with E-state index in [2.05, 4.69) is 0 Å². The van der Waals surface area contributed by atoms with Crippen molar-refractivity contribution in [2.75, 3.05) is 63.8 Å². The van der Waals surface area contributed by atoms with Crippen LogP contribution in [0.4, 0.5) is 14.9 Å². The van der Waals surface area contributed by atoms with E-state index in [0.29, 0.717) is 50.8 Å². The van der Waals surface area contributed by atoms with Crippen LogP contribution in [0.2, 0.25) is 0 Å². The molecule has 60 heavy (non-hydrogen) atoms. The van der Waals surface area contributed by atoms with E-state index in [9.17, 15) is 23.5 Å². The van der Waals surface area contributed by atoms with E-state index >= 15 is 4.39 Å². The topological polar surface area (TPSA) is 152 Å². The summed E-state index contributed by atoms with van der Waals surface area (Å²) in [5, 5.41) is -1.67. The largest absolute Gasteiger partial charge is 0.492 e. The zero-order valence-electron chi connectivity index (χ0n) is 36.7. The highest BCUT2D eigenvalue weighted by atomic mass is 32.2. The SMILES string of the molecule is CCCOP(=O)(OCCC)C(CCCSC(=O)c1cn(C2CC2)c2c(OC)c(N3C[C@@H]4CCCN(C(=O)OC(C)(C)C)[C@@H]4C3)c(F)cc2c1=O)P(=O)(OCCC)OCCC. The van der Waals surface area contributed by atoms with Crippen molar-refractivity contribution in [2.24, 2.45) is 5.92 Å². The molecular weight excluding hydrogens is 835 g/mol. The van der Waals surface area contributed by atoms with Crippen LogP contribution in [-0.4, -0.2) is 96.6 Å². The van der Waals surface area contributed by atoms with Crippen LogP contribution in [0.3, 0.4) is 0 Å². The summed E-state index contributed by atoms with van der Waals surface area (Å²) in [6.07, 6.45) is 7.04. The lowest BCUT2D eigenvalue weighted by atomic mass is 9.92. The highest BCUT2D eigenvalue weighted by molar-refractivity contribution is 8.14. The molecule has 3 heterocycles. The summed E-state index contributed by atoms with van der Waals surface area (Å²) in [6.45, 7) is 14.9. The van der Waals surface area contributed by atoms with Gasteiger partial charge in [0.15, 0.2) is 17.0 Å². The maximum Gasteiger partial charge on any atom is 0.410 e. The summed E-state index contributed by atoms with van der Waals surface area (Å²) in [5.74, 6) is -0.143. The Hall–Kier alpha value is -2.45. The molecule has 0 spiro atoms. The third-order valence-corrected chi connectivity index (χ3v) is 17.6. The lowest BCUT2D eigenvalue weighted by Gasteiger charge is -2.37. The van der Waals surface area contributed by atoms with Crippen LogP contribution < -0.4 is 15.1 Å². The molecule has 0 radical (unpaired) electrons. The maximum absolute atomic E-state index is 16.5. The van der Waals surface area contributed by atoms with Crippen molar-refractivity contribution in [1.29, 1.82) is 0 Å². The van der Waals surface area contributed by atoms with Crippen LogP contribution in [0.1, 0.15) is 129 Å². The van der Waals surface area contributed by atoms with Crippen molar-refractivity contribution in [3.8, 4) is 5.75 Å². The number of piperidine rings is 1. The van der Waals surface area contributed by atoms with Crippen LogP contribution in [-0.2, 0) is 32.0 Å². The normalized spacial score (nSPS) is 18.7. The van der Waals surface area contributed by atoms with Gasteiger partial charge in [-0.25, -0.2) is 9.18 Å². The van der Waals surface area contributed by atoms with Gasteiger partial charge < -0.3 is 41.9 Å². The highest BCUT2D eigenvalue weighted by Crippen LogP contribution is 2.72. The van der Waals surface area contributed by atoms with Gasteiger partial charge in [0.05, 0.1) is 56.0 Å². The standard InChI is InChI=1S/C42H66FN3O11P2S/c1-9-20-53-58(50,54-21-10-2)35(59(51,55-22-11-3)56-23-12-4)16-14-24-60-40(48)32-27-46(30-17-18-30)36-31(38(32)47)25-33(43)37(39(36)52-8)44-26-29-15-13-19-45(34(29)28-44)41(49)57-42(5,6)7/h25,27,29-30,34-35H,9-24,26,28H2,1-8H3/t29-,34+/m0/s1. The molecule has 3 aliphatic rings. The number of pyridine rings is 1. The number of anilines is 1. The summed E-state index contributed by atoms with van der Waals surface area (Å²) in [5.41, 5.74) is -0.692. The van der Waals surface area contributed by atoms with E-state index < -0.39 is 42.6 Å². The lowest BCUT2D eigenvalue weighted by Crippen LogP contribution is -2.50. The average Bonchev–Trinajstić information content (AvgIpc) is 3.97. The molecule has 5 rings (SSSR count). The minimum Gasteiger partial charge on any atom is -0.492 e. The predicted octanol–water partition coefficient (Wildman–Crippen LogP) is 10.4. The second kappa shape index (κ2) is 21.3. The minimum absolute atomic E-state index is 0.0118. The van der Waals surface area contributed by atoms with Crippen molar-refractivity contribution in [2.45, 2.75) is 136 Å². The molecule has 3 fully saturated rings. The van der Waals surface area contributed by atoms with Gasteiger partial charge in [0.2, 0.25) is 10.5 Å². The quantitative estimate of drug-likeness (QED) is 0.0815. The molecule has 1 aromatic carbocycles. The minimum atomic E-state index is -4.01. The molecule has 14 nitrogen and oxygen atoms in total. The van der Waals surface area contributed by atoms with Crippen LogP contribution in [0.15, 0.2) is 17.1 Å². The van der Waals surface area contributed by atoms with Gasteiger partial charge in [-0.3, -0.25) is 18.7 Å². The molecule has 0 unspecified atom stereocenters. The molecule has 0 N–H and O–H groups in total. The number of carbonyl (C=O) groups excluding carboxylic acids is 2. The fraction of sp³-hybridized carbons (Fsp3) is 0.738. The Balaban J connectivity index is 1.41. The number of hydrogen-bond donors (Lipinski definition) is 0. The number of amides is 1. The van der Waals surface area contributed by atoms with Gasteiger partial charge in [-0.15, -0.1) is 0 Å². The fourth-order valence-electron chi connectivity index (χ4n) is 7.92. The van der Waals surface area contributed by atoms with E-state index in [1.54, 1.807) is 11.1 Å². The van der Waals surface area contributed by atoms with Crippen molar-refractivity contribution in [3.63, 3.8) is 0 Å². The number of hydrogen-bond acceptors (Lipinski definition) is 13. The zero-order chi connectivity index (χ0) is 43.8. The molecule has 18 heteroatoms. The van der Waals surface area contributed by atoms with Gasteiger partial charge in [-0.05, 0) is 97.0 Å². The van der Waals surface area contributed by atoms with E-state index in [4.69, 9.17) is 27.6 Å². The number of nitrogens with zero attached hydrogens (tertiary/aromatic N) is 3. The monoisotopic (exact) mass is 901 g/mol. The molecule has 1 aromatic heterocycles. The Bertz CT molecular complexity index is 1910. The number of likely N-dealkylation sites (tertiary alicyclic amines) is 1. The summed E-state index contributed by atoms with van der Waals surface area (Å²) in [6, 6.07) is 1.02. The molecule has 1 amide bonds. The van der Waals surface area contributed by atoms with Crippen LogP contribution in [0.5, 0.6) is 5.75 Å². The Labute approximate surface area is 358 Å². The first kappa shape index (κ1) is 48.6. The van der Waals surface area contributed by atoms with Gasteiger partial charge in [0.1, 0.15) is 11.3 Å². The number of rotatable bonds is 22. The first-order valence-corrected chi connectivity index (χ1v) is 25.9. The van der Waals surface area contributed by atoms with Crippen molar-refractivity contribution < 1.29 is 50.7 Å². The zero-order valence-corrected chi connectivity index (χ0v) is 39.3. The first-order valence-electron chi connectivity index (χ1n) is 21.7. The summed E-state index contributed by atoms with van der Waals surface area (Å²) < 4.78 is 82.2. The number of thioether (sulfide) groups is 1. The molecule has 0 bridgehead atoms. The van der Waals surface area contributed by atoms with Crippen molar-refractivity contribution in [1.82, 2.24) is 9.47 Å². The number of aromatic nitrogens is 1. The average molecular weight is 902 g/mol. The van der Waals surface area contributed by atoms with E-state index in [0.717, 1.165) is 37.4 Å². The third kappa shape index (κ3) is 11.4. The van der Waals surface area contributed by atoms with Gasteiger partial charge >= 0.3 is 21.3 Å². The number of methoxy groups -OCH3 is 1. The maximum atomic E-state index is 16.5. The van der Waals surface area contributed by atoms with Crippen LogP contribution >= 0.6 is 27.0 Å². The van der Waals surface area contributed by atoms with E-state index in [1.807, 2.05) is 57.9 Å². The third-order valence-electron chi connectivity index (χ3n) is 10.8. The van der Waals surface area contributed by atoms with Gasteiger partial charge in [0.25, 0.3) is 0 Å². The second-order valence-corrected chi connectivity index (χ2v) is 22.8. The lowest BCUT2D eigenvalue weighted by molar-refractivity contribution is 0.00667. The molecule has 2 aromatic rings. The van der Waals surface area contributed by atoms with Crippen molar-refractivity contribution >= 4 is 54.8 Å². The number of benzene rings is 1. The Kier molecular flexibility index (Phi) is 17.2. The van der Waals surface area contributed by atoms with E-state index in [-0.39, 0.29) is 91.5 Å². The van der Waals surface area contributed by atoms with E-state index in [1.165, 1.54) is 13.2 Å². The first-order chi connectivity index (χ1) is 28.6. The Morgan fingerprint density at radius 3 is 2.02 bits per heavy atom. The molecule has 2 saturated heterocycles.